The number of carbonyl (C=O) groups excluding carboxylic acids is 1. The molecule has 0 bridgehead atoms. The maximum Gasteiger partial charge on any atom is 0.269 e. The largest absolute Gasteiger partial charge is 0.325 e. The van der Waals surface area contributed by atoms with E-state index in [1.54, 1.807) is 12.1 Å². The number of nitrogens with zero attached hydrogens (tertiary/aromatic N) is 1. The van der Waals surface area contributed by atoms with E-state index in [1.165, 1.54) is 41.4 Å². The molecule has 0 radical (unpaired) electrons. The third-order valence-electron chi connectivity index (χ3n) is 4.09. The fraction of sp³-hybridized carbons (Fsp3) is 0.278. The lowest BCUT2D eigenvalue weighted by atomic mass is 9.90. The summed E-state index contributed by atoms with van der Waals surface area (Å²) in [5, 5.41) is 13.6. The Morgan fingerprint density at radius 3 is 2.62 bits per heavy atom. The normalized spacial score (nSPS) is 13.2. The van der Waals surface area contributed by atoms with Gasteiger partial charge in [0.15, 0.2) is 0 Å². The molecule has 0 aliphatic heterocycles. The van der Waals surface area contributed by atoms with Crippen molar-refractivity contribution in [3.05, 3.63) is 63.7 Å². The summed E-state index contributed by atoms with van der Waals surface area (Å²) >= 11 is 1.37. The number of nitro benzene ring substituents is 1. The van der Waals surface area contributed by atoms with Gasteiger partial charge in [-0.05, 0) is 55.0 Å². The number of benzene rings is 2. The zero-order valence-corrected chi connectivity index (χ0v) is 14.0. The minimum absolute atomic E-state index is 0.0553. The van der Waals surface area contributed by atoms with Crippen LogP contribution in [0.15, 0.2) is 47.4 Å². The van der Waals surface area contributed by atoms with Crippen LogP contribution in [0.25, 0.3) is 0 Å². The number of hydrogen-bond donors (Lipinski definition) is 1. The van der Waals surface area contributed by atoms with E-state index in [1.807, 2.05) is 12.1 Å². The van der Waals surface area contributed by atoms with Crippen LogP contribution < -0.4 is 5.32 Å². The zero-order valence-electron chi connectivity index (χ0n) is 13.2. The van der Waals surface area contributed by atoms with Gasteiger partial charge in [-0.25, -0.2) is 0 Å². The highest BCUT2D eigenvalue weighted by atomic mass is 32.2. The lowest BCUT2D eigenvalue weighted by Crippen LogP contribution is -2.17. The quantitative estimate of drug-likeness (QED) is 0.502. The molecule has 6 heteroatoms. The number of nitrogens with one attached hydrogen (secondary N) is 1. The van der Waals surface area contributed by atoms with E-state index in [9.17, 15) is 14.9 Å². The van der Waals surface area contributed by atoms with E-state index >= 15 is 0 Å². The first kappa shape index (κ1) is 16.5. The number of amides is 1. The molecule has 24 heavy (non-hydrogen) atoms. The van der Waals surface area contributed by atoms with E-state index in [2.05, 4.69) is 11.4 Å². The second-order valence-corrected chi connectivity index (χ2v) is 6.79. The van der Waals surface area contributed by atoms with Crippen molar-refractivity contribution in [1.82, 2.24) is 0 Å². The second kappa shape index (κ2) is 7.49. The van der Waals surface area contributed by atoms with E-state index in [0.29, 0.717) is 0 Å². The molecule has 0 saturated carbocycles. The summed E-state index contributed by atoms with van der Waals surface area (Å²) in [4.78, 5) is 23.2. The Morgan fingerprint density at radius 2 is 1.88 bits per heavy atom. The molecule has 3 rings (SSSR count). The van der Waals surface area contributed by atoms with Crippen LogP contribution in [0, 0.1) is 10.1 Å². The van der Waals surface area contributed by atoms with Crippen molar-refractivity contribution < 1.29 is 9.72 Å². The second-order valence-electron chi connectivity index (χ2n) is 5.74. The average Bonchev–Trinajstić information content (AvgIpc) is 2.61. The van der Waals surface area contributed by atoms with Crippen molar-refractivity contribution in [3.63, 3.8) is 0 Å². The Bertz CT molecular complexity index is 759. The topological polar surface area (TPSA) is 72.2 Å². The number of thioether (sulfide) groups is 1. The Kier molecular flexibility index (Phi) is 5.15. The van der Waals surface area contributed by atoms with Gasteiger partial charge in [0.1, 0.15) is 0 Å². The van der Waals surface area contributed by atoms with Gasteiger partial charge < -0.3 is 5.32 Å². The van der Waals surface area contributed by atoms with Crippen LogP contribution in [0.3, 0.4) is 0 Å². The molecule has 0 spiro atoms. The number of fused-ring (bicyclic) bond motifs is 1. The summed E-state index contributed by atoms with van der Waals surface area (Å²) in [5.41, 5.74) is 3.57. The number of nitro groups is 1. The van der Waals surface area contributed by atoms with E-state index in [-0.39, 0.29) is 17.3 Å². The van der Waals surface area contributed by atoms with Gasteiger partial charge in [-0.1, -0.05) is 12.1 Å². The molecule has 1 aliphatic carbocycles. The summed E-state index contributed by atoms with van der Waals surface area (Å²) in [7, 11) is 0. The van der Waals surface area contributed by atoms with Crippen LogP contribution in [-0.4, -0.2) is 16.6 Å². The first-order valence-electron chi connectivity index (χ1n) is 7.91. The summed E-state index contributed by atoms with van der Waals surface area (Å²) in [6.07, 6.45) is 4.47. The Morgan fingerprint density at radius 1 is 1.12 bits per heavy atom. The fourth-order valence-corrected chi connectivity index (χ4v) is 3.60. The van der Waals surface area contributed by atoms with Gasteiger partial charge in [-0.3, -0.25) is 14.9 Å². The molecular formula is C18H18N2O3S. The Labute approximate surface area is 144 Å². The van der Waals surface area contributed by atoms with Gasteiger partial charge in [0.2, 0.25) is 5.91 Å². The van der Waals surface area contributed by atoms with Crippen molar-refractivity contribution in [2.24, 2.45) is 0 Å². The lowest BCUT2D eigenvalue weighted by molar-refractivity contribution is -0.384. The predicted octanol–water partition coefficient (Wildman–Crippen LogP) is 4.20. The molecule has 5 nitrogen and oxygen atoms in total. The average molecular weight is 342 g/mol. The number of carbonyl (C=O) groups is 1. The van der Waals surface area contributed by atoms with Crippen LogP contribution in [0.4, 0.5) is 11.4 Å². The molecule has 124 valence electrons. The minimum atomic E-state index is -0.431. The van der Waals surface area contributed by atoms with Crippen LogP contribution in [0.5, 0.6) is 0 Å². The highest BCUT2D eigenvalue weighted by Crippen LogP contribution is 2.28. The zero-order chi connectivity index (χ0) is 16.9. The molecule has 1 N–H and O–H groups in total. The Balaban J connectivity index is 1.59. The molecular weight excluding hydrogens is 324 g/mol. The van der Waals surface area contributed by atoms with Crippen LogP contribution in [-0.2, 0) is 17.6 Å². The smallest absolute Gasteiger partial charge is 0.269 e. The predicted molar refractivity (Wildman–Crippen MR) is 95.5 cm³/mol. The third kappa shape index (κ3) is 3.94. The van der Waals surface area contributed by atoms with Gasteiger partial charge >= 0.3 is 0 Å². The summed E-state index contributed by atoms with van der Waals surface area (Å²) in [5.74, 6) is 0.221. The van der Waals surface area contributed by atoms with Gasteiger partial charge in [-0.15, -0.1) is 11.8 Å². The lowest BCUT2D eigenvalue weighted by Gasteiger charge is -2.19. The first-order valence-corrected chi connectivity index (χ1v) is 8.90. The SMILES string of the molecule is O=C(CSc1ccc([N+](=O)[O-])cc1)Nc1cccc2c1CCCC2. The van der Waals surface area contributed by atoms with Crippen molar-refractivity contribution in [3.8, 4) is 0 Å². The number of rotatable bonds is 5. The highest BCUT2D eigenvalue weighted by molar-refractivity contribution is 8.00. The number of non-ortho nitro benzene ring substituents is 1. The molecule has 0 heterocycles. The monoisotopic (exact) mass is 342 g/mol. The molecule has 2 aromatic carbocycles. The van der Waals surface area contributed by atoms with Crippen molar-refractivity contribution in [2.45, 2.75) is 30.6 Å². The van der Waals surface area contributed by atoms with E-state index in [0.717, 1.165) is 29.8 Å². The molecule has 0 atom stereocenters. The van der Waals surface area contributed by atoms with Gasteiger partial charge in [0.25, 0.3) is 5.69 Å². The summed E-state index contributed by atoms with van der Waals surface area (Å²) < 4.78 is 0. The molecule has 0 fully saturated rings. The number of aryl methyl sites for hydroxylation is 1. The van der Waals surface area contributed by atoms with E-state index < -0.39 is 4.92 Å². The number of hydrogen-bond acceptors (Lipinski definition) is 4. The fourth-order valence-electron chi connectivity index (χ4n) is 2.90. The highest BCUT2D eigenvalue weighted by Gasteiger charge is 2.14. The molecule has 0 unspecified atom stereocenters. The molecule has 1 amide bonds. The van der Waals surface area contributed by atoms with Gasteiger partial charge in [0, 0.05) is 22.7 Å². The van der Waals surface area contributed by atoms with E-state index in [4.69, 9.17) is 0 Å². The van der Waals surface area contributed by atoms with Crippen LogP contribution in [0.1, 0.15) is 24.0 Å². The molecule has 0 saturated heterocycles. The summed E-state index contributed by atoms with van der Waals surface area (Å²) in [6.45, 7) is 0. The Hall–Kier alpha value is -2.34. The van der Waals surface area contributed by atoms with Gasteiger partial charge in [-0.2, -0.15) is 0 Å². The summed E-state index contributed by atoms with van der Waals surface area (Å²) in [6, 6.07) is 12.3. The molecule has 0 aromatic heterocycles. The molecule has 2 aromatic rings. The van der Waals surface area contributed by atoms with Gasteiger partial charge in [0.05, 0.1) is 10.7 Å². The standard InChI is InChI=1S/C18H18N2O3S/c21-18(12-24-15-10-8-14(9-11-15)20(22)23)19-17-7-3-5-13-4-1-2-6-16(13)17/h3,5,7-11H,1-2,4,6,12H2,(H,19,21). The molecule has 1 aliphatic rings. The third-order valence-corrected chi connectivity index (χ3v) is 5.10. The van der Waals surface area contributed by atoms with Crippen molar-refractivity contribution in [1.29, 1.82) is 0 Å². The minimum Gasteiger partial charge on any atom is -0.325 e. The van der Waals surface area contributed by atoms with Crippen LogP contribution >= 0.6 is 11.8 Å². The maximum atomic E-state index is 12.2. The maximum absolute atomic E-state index is 12.2. The number of anilines is 1. The van der Waals surface area contributed by atoms with Crippen LogP contribution in [0.2, 0.25) is 0 Å². The first-order chi connectivity index (χ1) is 11.6. The van der Waals surface area contributed by atoms with Crippen molar-refractivity contribution >= 4 is 29.0 Å². The van der Waals surface area contributed by atoms with Crippen molar-refractivity contribution in [2.75, 3.05) is 11.1 Å².